The second-order valence-corrected chi connectivity index (χ2v) is 5.93. The highest BCUT2D eigenvalue weighted by atomic mass is 16.5. The standard InChI is InChI=1S/C21H21NO3/c1-15-4-3-5-20(10-15)25-14-21(23)22-13-16-6-7-18-12-19(24-2)9-8-17(18)11-16/h3-12H,13-14H2,1-2H3,(H,22,23). The van der Waals surface area contributed by atoms with E-state index in [1.54, 1.807) is 7.11 Å². The lowest BCUT2D eigenvalue weighted by Crippen LogP contribution is -2.28. The number of ether oxygens (including phenoxy) is 2. The Kier molecular flexibility index (Phi) is 5.19. The van der Waals surface area contributed by atoms with Gasteiger partial charge in [0, 0.05) is 6.54 Å². The molecular weight excluding hydrogens is 314 g/mol. The molecule has 0 spiro atoms. The van der Waals surface area contributed by atoms with E-state index in [-0.39, 0.29) is 12.5 Å². The van der Waals surface area contributed by atoms with Crippen molar-refractivity contribution in [3.63, 3.8) is 0 Å². The molecule has 0 heterocycles. The maximum Gasteiger partial charge on any atom is 0.258 e. The number of hydrogen-bond donors (Lipinski definition) is 1. The van der Waals surface area contributed by atoms with Gasteiger partial charge in [0.2, 0.25) is 0 Å². The Bertz CT molecular complexity index is 889. The van der Waals surface area contributed by atoms with Crippen molar-refractivity contribution in [2.75, 3.05) is 13.7 Å². The van der Waals surface area contributed by atoms with E-state index in [0.717, 1.165) is 27.6 Å². The summed E-state index contributed by atoms with van der Waals surface area (Å²) in [4.78, 5) is 12.0. The van der Waals surface area contributed by atoms with Crippen LogP contribution in [0.15, 0.2) is 60.7 Å². The van der Waals surface area contributed by atoms with E-state index < -0.39 is 0 Å². The lowest BCUT2D eigenvalue weighted by Gasteiger charge is -2.09. The van der Waals surface area contributed by atoms with Gasteiger partial charge in [-0.25, -0.2) is 0 Å². The molecule has 0 aliphatic carbocycles. The Morgan fingerprint density at radius 2 is 1.76 bits per heavy atom. The fraction of sp³-hybridized carbons (Fsp3) is 0.190. The number of nitrogens with one attached hydrogen (secondary N) is 1. The summed E-state index contributed by atoms with van der Waals surface area (Å²) >= 11 is 0. The van der Waals surface area contributed by atoms with Crippen LogP contribution in [-0.4, -0.2) is 19.6 Å². The average Bonchev–Trinajstić information content (AvgIpc) is 2.64. The summed E-state index contributed by atoms with van der Waals surface area (Å²) in [5.41, 5.74) is 2.15. The molecule has 0 atom stereocenters. The fourth-order valence-electron chi connectivity index (χ4n) is 2.62. The van der Waals surface area contributed by atoms with Gasteiger partial charge in [0.25, 0.3) is 5.91 Å². The Morgan fingerprint density at radius 3 is 2.56 bits per heavy atom. The fourth-order valence-corrected chi connectivity index (χ4v) is 2.62. The van der Waals surface area contributed by atoms with Gasteiger partial charge in [-0.05, 0) is 59.2 Å². The van der Waals surface area contributed by atoms with E-state index >= 15 is 0 Å². The second-order valence-electron chi connectivity index (χ2n) is 5.93. The van der Waals surface area contributed by atoms with Crippen LogP contribution in [0.3, 0.4) is 0 Å². The highest BCUT2D eigenvalue weighted by Gasteiger charge is 2.04. The summed E-state index contributed by atoms with van der Waals surface area (Å²) in [6.07, 6.45) is 0. The first-order valence-electron chi connectivity index (χ1n) is 8.17. The number of carbonyl (C=O) groups is 1. The molecule has 3 aromatic carbocycles. The molecule has 0 unspecified atom stereocenters. The van der Waals surface area contributed by atoms with Gasteiger partial charge in [0.15, 0.2) is 6.61 Å². The van der Waals surface area contributed by atoms with Crippen molar-refractivity contribution in [2.45, 2.75) is 13.5 Å². The summed E-state index contributed by atoms with van der Waals surface area (Å²) in [5.74, 6) is 1.40. The monoisotopic (exact) mass is 335 g/mol. The van der Waals surface area contributed by atoms with Crippen LogP contribution in [0, 0.1) is 6.92 Å². The molecule has 0 bridgehead atoms. The van der Waals surface area contributed by atoms with Crippen molar-refractivity contribution in [1.29, 1.82) is 0 Å². The van der Waals surface area contributed by atoms with Gasteiger partial charge in [-0.15, -0.1) is 0 Å². The number of fused-ring (bicyclic) bond motifs is 1. The highest BCUT2D eigenvalue weighted by Crippen LogP contribution is 2.21. The number of aryl methyl sites for hydroxylation is 1. The third kappa shape index (κ3) is 4.51. The summed E-state index contributed by atoms with van der Waals surface area (Å²) in [6, 6.07) is 19.7. The first-order chi connectivity index (χ1) is 12.1. The van der Waals surface area contributed by atoms with Crippen molar-refractivity contribution in [1.82, 2.24) is 5.32 Å². The van der Waals surface area contributed by atoms with Gasteiger partial charge in [0.1, 0.15) is 11.5 Å². The first kappa shape index (κ1) is 16.8. The zero-order valence-electron chi connectivity index (χ0n) is 14.4. The minimum Gasteiger partial charge on any atom is -0.497 e. The van der Waals surface area contributed by atoms with Crippen LogP contribution in [0.5, 0.6) is 11.5 Å². The number of benzene rings is 3. The predicted molar refractivity (Wildman–Crippen MR) is 99.0 cm³/mol. The smallest absolute Gasteiger partial charge is 0.258 e. The van der Waals surface area contributed by atoms with Crippen LogP contribution < -0.4 is 14.8 Å². The zero-order valence-corrected chi connectivity index (χ0v) is 14.4. The van der Waals surface area contributed by atoms with Crippen LogP contribution in [0.1, 0.15) is 11.1 Å². The number of carbonyl (C=O) groups excluding carboxylic acids is 1. The van der Waals surface area contributed by atoms with Gasteiger partial charge in [-0.1, -0.05) is 30.3 Å². The normalized spacial score (nSPS) is 10.5. The summed E-state index contributed by atoms with van der Waals surface area (Å²) in [5, 5.41) is 5.11. The maximum atomic E-state index is 12.0. The van der Waals surface area contributed by atoms with E-state index in [2.05, 4.69) is 11.4 Å². The second kappa shape index (κ2) is 7.71. The number of amides is 1. The molecule has 0 aromatic heterocycles. The molecule has 1 N–H and O–H groups in total. The van der Waals surface area contributed by atoms with Gasteiger partial charge in [0.05, 0.1) is 7.11 Å². The first-order valence-corrected chi connectivity index (χ1v) is 8.17. The average molecular weight is 335 g/mol. The molecule has 25 heavy (non-hydrogen) atoms. The van der Waals surface area contributed by atoms with E-state index in [9.17, 15) is 4.79 Å². The van der Waals surface area contributed by atoms with Crippen molar-refractivity contribution >= 4 is 16.7 Å². The lowest BCUT2D eigenvalue weighted by atomic mass is 10.1. The molecule has 0 saturated heterocycles. The Hall–Kier alpha value is -3.01. The summed E-state index contributed by atoms with van der Waals surface area (Å²) < 4.78 is 10.7. The van der Waals surface area contributed by atoms with Crippen molar-refractivity contribution < 1.29 is 14.3 Å². The molecule has 0 saturated carbocycles. The molecule has 4 heteroatoms. The largest absolute Gasteiger partial charge is 0.497 e. The topological polar surface area (TPSA) is 47.6 Å². The molecule has 3 rings (SSSR count). The summed E-state index contributed by atoms with van der Waals surface area (Å²) in [7, 11) is 1.66. The van der Waals surface area contributed by atoms with E-state index in [4.69, 9.17) is 9.47 Å². The quantitative estimate of drug-likeness (QED) is 0.744. The van der Waals surface area contributed by atoms with E-state index in [1.807, 2.05) is 61.5 Å². The van der Waals surface area contributed by atoms with Gasteiger partial charge in [-0.3, -0.25) is 4.79 Å². The highest BCUT2D eigenvalue weighted by molar-refractivity contribution is 5.84. The molecule has 0 aliphatic rings. The SMILES string of the molecule is COc1ccc2cc(CNC(=O)COc3cccc(C)c3)ccc2c1. The molecule has 128 valence electrons. The zero-order chi connectivity index (χ0) is 17.6. The van der Waals surface area contributed by atoms with Crippen LogP contribution in [-0.2, 0) is 11.3 Å². The van der Waals surface area contributed by atoms with Crippen LogP contribution in [0.2, 0.25) is 0 Å². The minimum absolute atomic E-state index is 0.00817. The van der Waals surface area contributed by atoms with Crippen molar-refractivity contribution in [3.8, 4) is 11.5 Å². The van der Waals surface area contributed by atoms with Crippen LogP contribution in [0.4, 0.5) is 0 Å². The molecule has 4 nitrogen and oxygen atoms in total. The maximum absolute atomic E-state index is 12.0. The van der Waals surface area contributed by atoms with Crippen LogP contribution >= 0.6 is 0 Å². The van der Waals surface area contributed by atoms with Crippen molar-refractivity contribution in [3.05, 3.63) is 71.8 Å². The third-order valence-corrected chi connectivity index (χ3v) is 3.96. The van der Waals surface area contributed by atoms with Gasteiger partial charge < -0.3 is 14.8 Å². The predicted octanol–water partition coefficient (Wildman–Crippen LogP) is 3.85. The van der Waals surface area contributed by atoms with E-state index in [0.29, 0.717) is 12.3 Å². The number of hydrogen-bond acceptors (Lipinski definition) is 3. The third-order valence-electron chi connectivity index (χ3n) is 3.96. The lowest BCUT2D eigenvalue weighted by molar-refractivity contribution is -0.123. The summed E-state index contributed by atoms with van der Waals surface area (Å²) in [6.45, 7) is 2.47. The molecular formula is C21H21NO3. The Morgan fingerprint density at radius 1 is 0.960 bits per heavy atom. The molecule has 1 amide bonds. The molecule has 0 aliphatic heterocycles. The van der Waals surface area contributed by atoms with Gasteiger partial charge in [-0.2, -0.15) is 0 Å². The number of methoxy groups -OCH3 is 1. The Labute approximate surface area is 147 Å². The minimum atomic E-state index is -0.142. The Balaban J connectivity index is 1.55. The molecule has 0 fully saturated rings. The molecule has 0 radical (unpaired) electrons. The van der Waals surface area contributed by atoms with E-state index in [1.165, 1.54) is 0 Å². The van der Waals surface area contributed by atoms with Crippen molar-refractivity contribution in [2.24, 2.45) is 0 Å². The molecule has 3 aromatic rings. The van der Waals surface area contributed by atoms with Crippen LogP contribution in [0.25, 0.3) is 10.8 Å². The number of rotatable bonds is 6. The van der Waals surface area contributed by atoms with Gasteiger partial charge >= 0.3 is 0 Å².